The van der Waals surface area contributed by atoms with E-state index in [2.05, 4.69) is 11.1 Å². The van der Waals surface area contributed by atoms with Crippen LogP contribution >= 0.6 is 11.8 Å². The largest absolute Gasteiger partial charge is 0.245 e. The van der Waals surface area contributed by atoms with Gasteiger partial charge in [-0.3, -0.25) is 0 Å². The van der Waals surface area contributed by atoms with Crippen LogP contribution < -0.4 is 0 Å². The zero-order valence-electron chi connectivity index (χ0n) is 12.1. The van der Waals surface area contributed by atoms with Crippen LogP contribution in [0.4, 0.5) is 8.78 Å². The lowest BCUT2D eigenvalue weighted by molar-refractivity contribution is 0.502. The van der Waals surface area contributed by atoms with Gasteiger partial charge in [0, 0.05) is 17.0 Å². The van der Waals surface area contributed by atoms with E-state index in [0.29, 0.717) is 10.6 Å². The zero-order chi connectivity index (χ0) is 15.7. The van der Waals surface area contributed by atoms with Crippen molar-refractivity contribution in [3.63, 3.8) is 0 Å². The molecule has 0 unspecified atom stereocenters. The lowest BCUT2D eigenvalue weighted by Gasteiger charge is -2.11. The number of hydrogen-bond donors (Lipinski definition) is 0. The Morgan fingerprint density at radius 3 is 2.91 bits per heavy atom. The Morgan fingerprint density at radius 2 is 2.14 bits per heavy atom. The molecule has 2 nitrogen and oxygen atoms in total. The minimum absolute atomic E-state index is 0.253. The first-order valence-electron chi connectivity index (χ1n) is 7.10. The molecule has 1 aliphatic carbocycles. The van der Waals surface area contributed by atoms with Gasteiger partial charge in [0.1, 0.15) is 11.1 Å². The smallest absolute Gasteiger partial charge is 0.162 e. The normalized spacial score (nSPS) is 13.0. The van der Waals surface area contributed by atoms with Gasteiger partial charge >= 0.3 is 0 Å². The summed E-state index contributed by atoms with van der Waals surface area (Å²) in [6.07, 6.45) is 2.94. The molecule has 0 spiro atoms. The lowest BCUT2D eigenvalue weighted by atomic mass is 10.0. The van der Waals surface area contributed by atoms with E-state index in [1.54, 1.807) is 6.07 Å². The second-order valence-corrected chi connectivity index (χ2v) is 6.27. The molecule has 5 heteroatoms. The Hall–Kier alpha value is -1.93. The van der Waals surface area contributed by atoms with Gasteiger partial charge in [-0.25, -0.2) is 13.8 Å². The summed E-state index contributed by atoms with van der Waals surface area (Å²) in [7, 11) is 0. The van der Waals surface area contributed by atoms with Gasteiger partial charge < -0.3 is 0 Å². The van der Waals surface area contributed by atoms with Crippen molar-refractivity contribution in [2.45, 2.75) is 37.0 Å². The maximum Gasteiger partial charge on any atom is 0.162 e. The number of nitriles is 1. The van der Waals surface area contributed by atoms with Crippen LogP contribution in [0.1, 0.15) is 34.4 Å². The molecule has 1 aromatic heterocycles. The Morgan fingerprint density at radius 1 is 1.32 bits per heavy atom. The number of benzene rings is 1. The quantitative estimate of drug-likeness (QED) is 0.791. The minimum Gasteiger partial charge on any atom is -0.245 e. The second kappa shape index (κ2) is 6.05. The number of nitrogens with zero attached hydrogens (tertiary/aromatic N) is 2. The van der Waals surface area contributed by atoms with Crippen molar-refractivity contribution >= 4 is 11.8 Å². The van der Waals surface area contributed by atoms with Crippen molar-refractivity contribution in [2.75, 3.05) is 0 Å². The third-order valence-electron chi connectivity index (χ3n) is 3.97. The Kier molecular flexibility index (Phi) is 4.12. The van der Waals surface area contributed by atoms with Crippen molar-refractivity contribution in [2.24, 2.45) is 0 Å². The highest BCUT2D eigenvalue weighted by Gasteiger charge is 2.21. The summed E-state index contributed by atoms with van der Waals surface area (Å²) in [5.74, 6) is -1.42. The van der Waals surface area contributed by atoms with Crippen molar-refractivity contribution < 1.29 is 8.78 Å². The molecule has 1 aromatic carbocycles. The number of thioether (sulfide) groups is 1. The molecule has 0 bridgehead atoms. The molecule has 0 aliphatic heterocycles. The fraction of sp³-hybridized carbons (Fsp3) is 0.294. The fourth-order valence-corrected chi connectivity index (χ4v) is 3.82. The van der Waals surface area contributed by atoms with E-state index in [0.717, 1.165) is 36.6 Å². The van der Waals surface area contributed by atoms with Gasteiger partial charge in [0.25, 0.3) is 0 Å². The number of halogens is 2. The Bertz CT molecular complexity index is 781. The predicted molar refractivity (Wildman–Crippen MR) is 81.6 cm³/mol. The average molecular weight is 316 g/mol. The summed E-state index contributed by atoms with van der Waals surface area (Å²) in [6.45, 7) is 1.94. The molecule has 0 saturated carbocycles. The highest BCUT2D eigenvalue weighted by atomic mass is 32.2. The van der Waals surface area contributed by atoms with E-state index in [-0.39, 0.29) is 11.3 Å². The summed E-state index contributed by atoms with van der Waals surface area (Å²) in [5.41, 5.74) is 4.04. The molecule has 0 fully saturated rings. The lowest BCUT2D eigenvalue weighted by Crippen LogP contribution is -2.00. The average Bonchev–Trinajstić information content (AvgIpc) is 2.97. The number of aromatic nitrogens is 1. The van der Waals surface area contributed by atoms with Crippen LogP contribution in [0.5, 0.6) is 0 Å². The van der Waals surface area contributed by atoms with Gasteiger partial charge in [-0.15, -0.1) is 11.8 Å². The molecule has 2 aromatic rings. The first-order chi connectivity index (χ1) is 10.6. The zero-order valence-corrected chi connectivity index (χ0v) is 12.9. The van der Waals surface area contributed by atoms with Gasteiger partial charge in [-0.2, -0.15) is 5.26 Å². The molecular formula is C17H14F2N2S. The van der Waals surface area contributed by atoms with E-state index in [9.17, 15) is 14.0 Å². The highest BCUT2D eigenvalue weighted by molar-refractivity contribution is 7.98. The molecule has 0 radical (unpaired) electrons. The van der Waals surface area contributed by atoms with Crippen molar-refractivity contribution in [1.29, 1.82) is 5.26 Å². The van der Waals surface area contributed by atoms with Crippen LogP contribution in [0, 0.1) is 29.9 Å². The van der Waals surface area contributed by atoms with Crippen LogP contribution in [0.3, 0.4) is 0 Å². The SMILES string of the molecule is Cc1c(C#N)c(SCc2cccc(F)c2F)nc2c1CCC2. The molecule has 0 N–H and O–H groups in total. The van der Waals surface area contributed by atoms with Crippen LogP contribution in [-0.2, 0) is 18.6 Å². The summed E-state index contributed by atoms with van der Waals surface area (Å²) in [5, 5.41) is 10.0. The maximum absolute atomic E-state index is 13.7. The summed E-state index contributed by atoms with van der Waals surface area (Å²) in [4.78, 5) is 4.58. The van der Waals surface area contributed by atoms with Crippen LogP contribution in [0.25, 0.3) is 0 Å². The van der Waals surface area contributed by atoms with Crippen LogP contribution in [0.2, 0.25) is 0 Å². The summed E-state index contributed by atoms with van der Waals surface area (Å²) < 4.78 is 27.0. The third kappa shape index (κ3) is 2.59. The molecule has 0 amide bonds. The van der Waals surface area contributed by atoms with Gasteiger partial charge in [-0.1, -0.05) is 12.1 Å². The first-order valence-corrected chi connectivity index (χ1v) is 8.08. The van der Waals surface area contributed by atoms with Crippen LogP contribution in [-0.4, -0.2) is 4.98 Å². The third-order valence-corrected chi connectivity index (χ3v) is 5.00. The standard InChI is InChI=1S/C17H14F2N2S/c1-10-12-5-3-7-15(12)21-17(13(10)8-20)22-9-11-4-2-6-14(18)16(11)19/h2,4,6H,3,5,7,9H2,1H3. The number of fused-ring (bicyclic) bond motifs is 1. The molecular weight excluding hydrogens is 302 g/mol. The molecule has 0 atom stereocenters. The molecule has 0 saturated heterocycles. The predicted octanol–water partition coefficient (Wildman–Crippen LogP) is 4.32. The molecule has 22 heavy (non-hydrogen) atoms. The van der Waals surface area contributed by atoms with Crippen molar-refractivity contribution in [3.8, 4) is 6.07 Å². The second-order valence-electron chi connectivity index (χ2n) is 5.31. The van der Waals surface area contributed by atoms with E-state index in [1.165, 1.54) is 23.4 Å². The number of rotatable bonds is 3. The fourth-order valence-electron chi connectivity index (χ4n) is 2.79. The van der Waals surface area contributed by atoms with E-state index >= 15 is 0 Å². The Labute approximate surface area is 132 Å². The molecule has 3 rings (SSSR count). The van der Waals surface area contributed by atoms with Gasteiger partial charge in [0.15, 0.2) is 11.6 Å². The summed E-state index contributed by atoms with van der Waals surface area (Å²) >= 11 is 1.29. The number of pyridine rings is 1. The molecule has 112 valence electrons. The maximum atomic E-state index is 13.7. The minimum atomic E-state index is -0.850. The van der Waals surface area contributed by atoms with Gasteiger partial charge in [0.2, 0.25) is 0 Å². The highest BCUT2D eigenvalue weighted by Crippen LogP contribution is 2.33. The van der Waals surface area contributed by atoms with Crippen molar-refractivity contribution in [1.82, 2.24) is 4.98 Å². The van der Waals surface area contributed by atoms with E-state index in [4.69, 9.17) is 0 Å². The summed E-state index contributed by atoms with van der Waals surface area (Å²) in [6, 6.07) is 6.34. The van der Waals surface area contributed by atoms with E-state index in [1.807, 2.05) is 6.92 Å². The van der Waals surface area contributed by atoms with Crippen molar-refractivity contribution in [3.05, 3.63) is 57.8 Å². The Balaban J connectivity index is 1.91. The molecule has 1 heterocycles. The first kappa shape index (κ1) is 15.0. The topological polar surface area (TPSA) is 36.7 Å². The monoisotopic (exact) mass is 316 g/mol. The van der Waals surface area contributed by atoms with Gasteiger partial charge in [-0.05, 0) is 43.4 Å². The van der Waals surface area contributed by atoms with Gasteiger partial charge in [0.05, 0.1) is 5.56 Å². The van der Waals surface area contributed by atoms with E-state index < -0.39 is 11.6 Å². The molecule has 1 aliphatic rings. The number of hydrogen-bond acceptors (Lipinski definition) is 3. The number of aryl methyl sites for hydroxylation is 1. The van der Waals surface area contributed by atoms with Crippen LogP contribution in [0.15, 0.2) is 23.2 Å².